The Bertz CT molecular complexity index is 520. The van der Waals surface area contributed by atoms with Gasteiger partial charge >= 0.3 is 0 Å². The van der Waals surface area contributed by atoms with Gasteiger partial charge in [-0.15, -0.1) is 0 Å². The molecule has 3 heteroatoms. The highest BCUT2D eigenvalue weighted by Gasteiger charge is 2.07. The average molecular weight is 265 g/mol. The molecule has 0 aliphatic heterocycles. The fourth-order valence-corrected chi connectivity index (χ4v) is 2.11. The first-order valence-electron chi connectivity index (χ1n) is 4.52. The van der Waals surface area contributed by atoms with Crippen molar-refractivity contribution >= 4 is 33.2 Å². The SMILES string of the molecule is Cc1ccc2cccc(OC=O)c2c1Br. The summed E-state index contributed by atoms with van der Waals surface area (Å²) >= 11 is 3.51. The van der Waals surface area contributed by atoms with Crippen LogP contribution < -0.4 is 4.74 Å². The lowest BCUT2D eigenvalue weighted by Crippen LogP contribution is -1.91. The Kier molecular flexibility index (Phi) is 2.73. The van der Waals surface area contributed by atoms with Crippen LogP contribution in [0.25, 0.3) is 10.8 Å². The Morgan fingerprint density at radius 3 is 2.80 bits per heavy atom. The minimum atomic E-state index is 0.448. The number of fused-ring (bicyclic) bond motifs is 1. The van der Waals surface area contributed by atoms with Crippen molar-refractivity contribution in [1.29, 1.82) is 0 Å². The van der Waals surface area contributed by atoms with Gasteiger partial charge in [0.1, 0.15) is 5.75 Å². The van der Waals surface area contributed by atoms with Crippen LogP contribution in [0.1, 0.15) is 5.56 Å². The summed E-state index contributed by atoms with van der Waals surface area (Å²) in [4.78, 5) is 10.4. The lowest BCUT2D eigenvalue weighted by atomic mass is 10.1. The van der Waals surface area contributed by atoms with Gasteiger partial charge < -0.3 is 4.74 Å². The van der Waals surface area contributed by atoms with Gasteiger partial charge in [-0.05, 0) is 39.9 Å². The van der Waals surface area contributed by atoms with Gasteiger partial charge in [0.25, 0.3) is 6.47 Å². The summed E-state index contributed by atoms with van der Waals surface area (Å²) in [6, 6.07) is 9.66. The number of aryl methyl sites for hydroxylation is 1. The van der Waals surface area contributed by atoms with Crippen LogP contribution in [0.15, 0.2) is 34.8 Å². The molecule has 0 heterocycles. The lowest BCUT2D eigenvalue weighted by Gasteiger charge is -2.07. The van der Waals surface area contributed by atoms with E-state index in [0.717, 1.165) is 20.8 Å². The molecule has 2 aromatic carbocycles. The maximum atomic E-state index is 10.4. The lowest BCUT2D eigenvalue weighted by molar-refractivity contribution is -0.120. The van der Waals surface area contributed by atoms with E-state index < -0.39 is 0 Å². The van der Waals surface area contributed by atoms with E-state index in [-0.39, 0.29) is 0 Å². The van der Waals surface area contributed by atoms with E-state index in [1.165, 1.54) is 0 Å². The molecule has 0 saturated heterocycles. The number of ether oxygens (including phenoxy) is 1. The zero-order chi connectivity index (χ0) is 10.8. The van der Waals surface area contributed by atoms with Crippen LogP contribution in [0.3, 0.4) is 0 Å². The molecule has 0 amide bonds. The second-order valence-electron chi connectivity index (χ2n) is 3.26. The molecule has 2 nitrogen and oxygen atoms in total. The van der Waals surface area contributed by atoms with Gasteiger partial charge in [0.05, 0.1) is 0 Å². The maximum absolute atomic E-state index is 10.4. The Labute approximate surface area is 96.0 Å². The Balaban J connectivity index is 2.81. The van der Waals surface area contributed by atoms with Crippen LogP contribution in [-0.2, 0) is 4.79 Å². The van der Waals surface area contributed by atoms with Gasteiger partial charge in [-0.1, -0.05) is 24.3 Å². The highest BCUT2D eigenvalue weighted by Crippen LogP contribution is 2.34. The molecule has 0 N–H and O–H groups in total. The first-order valence-corrected chi connectivity index (χ1v) is 5.31. The number of benzene rings is 2. The quantitative estimate of drug-likeness (QED) is 0.777. The summed E-state index contributed by atoms with van der Waals surface area (Å²) in [6.07, 6.45) is 0. The van der Waals surface area contributed by atoms with Crippen LogP contribution in [0.5, 0.6) is 5.75 Å². The van der Waals surface area contributed by atoms with E-state index in [1.807, 2.05) is 31.2 Å². The molecule has 0 atom stereocenters. The van der Waals surface area contributed by atoms with Gasteiger partial charge in [0, 0.05) is 9.86 Å². The van der Waals surface area contributed by atoms with Gasteiger partial charge in [0.15, 0.2) is 0 Å². The third kappa shape index (κ3) is 1.75. The third-order valence-electron chi connectivity index (χ3n) is 2.31. The fourth-order valence-electron chi connectivity index (χ4n) is 1.56. The molecule has 2 rings (SSSR count). The molecular weight excluding hydrogens is 256 g/mol. The summed E-state index contributed by atoms with van der Waals surface area (Å²) in [5, 5.41) is 1.98. The summed E-state index contributed by atoms with van der Waals surface area (Å²) in [6.45, 7) is 2.45. The number of halogens is 1. The third-order valence-corrected chi connectivity index (χ3v) is 3.33. The molecule has 76 valence electrons. The monoisotopic (exact) mass is 264 g/mol. The number of hydrogen-bond acceptors (Lipinski definition) is 2. The van der Waals surface area contributed by atoms with Crippen molar-refractivity contribution in [2.24, 2.45) is 0 Å². The van der Waals surface area contributed by atoms with Gasteiger partial charge in [-0.3, -0.25) is 4.79 Å². The van der Waals surface area contributed by atoms with Gasteiger partial charge in [-0.2, -0.15) is 0 Å². The van der Waals surface area contributed by atoms with Crippen molar-refractivity contribution in [3.63, 3.8) is 0 Å². The highest BCUT2D eigenvalue weighted by atomic mass is 79.9. The molecule has 0 spiro atoms. The number of rotatable bonds is 2. The summed E-state index contributed by atoms with van der Waals surface area (Å²) in [5.41, 5.74) is 1.12. The largest absolute Gasteiger partial charge is 0.428 e. The number of hydrogen-bond donors (Lipinski definition) is 0. The molecule has 15 heavy (non-hydrogen) atoms. The number of carbonyl (C=O) groups is 1. The second-order valence-corrected chi connectivity index (χ2v) is 4.06. The predicted octanol–water partition coefficient (Wildman–Crippen LogP) is 3.45. The van der Waals surface area contributed by atoms with Gasteiger partial charge in [-0.25, -0.2) is 0 Å². The van der Waals surface area contributed by atoms with Crippen molar-refractivity contribution in [2.45, 2.75) is 6.92 Å². The van der Waals surface area contributed by atoms with Crippen LogP contribution in [0.2, 0.25) is 0 Å². The first-order chi connectivity index (χ1) is 7.24. The van der Waals surface area contributed by atoms with Crippen molar-refractivity contribution in [3.8, 4) is 5.75 Å². The van der Waals surface area contributed by atoms with E-state index in [1.54, 1.807) is 6.07 Å². The van der Waals surface area contributed by atoms with Crippen molar-refractivity contribution < 1.29 is 9.53 Å². The van der Waals surface area contributed by atoms with E-state index >= 15 is 0 Å². The van der Waals surface area contributed by atoms with E-state index in [0.29, 0.717) is 12.2 Å². The zero-order valence-electron chi connectivity index (χ0n) is 8.16. The van der Waals surface area contributed by atoms with E-state index in [2.05, 4.69) is 15.9 Å². The molecule has 0 bridgehead atoms. The van der Waals surface area contributed by atoms with Crippen LogP contribution in [0.4, 0.5) is 0 Å². The number of carbonyl (C=O) groups excluding carboxylic acids is 1. The molecule has 0 aliphatic rings. The topological polar surface area (TPSA) is 26.3 Å². The molecule has 2 aromatic rings. The Morgan fingerprint density at radius 2 is 2.07 bits per heavy atom. The van der Waals surface area contributed by atoms with E-state index in [4.69, 9.17) is 4.74 Å². The molecule has 0 aliphatic carbocycles. The summed E-state index contributed by atoms with van der Waals surface area (Å²) in [7, 11) is 0. The van der Waals surface area contributed by atoms with Crippen molar-refractivity contribution in [1.82, 2.24) is 0 Å². The minimum Gasteiger partial charge on any atom is -0.428 e. The zero-order valence-corrected chi connectivity index (χ0v) is 9.74. The standard InChI is InChI=1S/C12H9BrO2/c1-8-5-6-9-3-2-4-10(15-7-14)11(9)12(8)13/h2-7H,1H3. The van der Waals surface area contributed by atoms with Crippen LogP contribution >= 0.6 is 15.9 Å². The van der Waals surface area contributed by atoms with Crippen LogP contribution in [0, 0.1) is 6.92 Å². The second kappa shape index (κ2) is 4.03. The predicted molar refractivity (Wildman–Crippen MR) is 63.1 cm³/mol. The minimum absolute atomic E-state index is 0.448. The van der Waals surface area contributed by atoms with Crippen molar-refractivity contribution in [3.05, 3.63) is 40.4 Å². The normalized spacial score (nSPS) is 10.3. The Hall–Kier alpha value is -1.35. The smallest absolute Gasteiger partial charge is 0.298 e. The Morgan fingerprint density at radius 1 is 1.27 bits per heavy atom. The van der Waals surface area contributed by atoms with Crippen LogP contribution in [-0.4, -0.2) is 6.47 Å². The summed E-state index contributed by atoms with van der Waals surface area (Å²) in [5.74, 6) is 0.582. The maximum Gasteiger partial charge on any atom is 0.298 e. The molecule has 0 fully saturated rings. The molecule has 0 aromatic heterocycles. The first kappa shape index (κ1) is 10.2. The van der Waals surface area contributed by atoms with Crippen molar-refractivity contribution in [2.75, 3.05) is 0 Å². The molecular formula is C12H9BrO2. The van der Waals surface area contributed by atoms with E-state index in [9.17, 15) is 4.79 Å². The van der Waals surface area contributed by atoms with Gasteiger partial charge in [0.2, 0.25) is 0 Å². The fraction of sp³-hybridized carbons (Fsp3) is 0.0833. The highest BCUT2D eigenvalue weighted by molar-refractivity contribution is 9.10. The average Bonchev–Trinajstić information content (AvgIpc) is 2.24. The molecule has 0 unspecified atom stereocenters. The molecule has 0 radical (unpaired) electrons. The summed E-state index contributed by atoms with van der Waals surface area (Å²) < 4.78 is 5.91. The molecule has 0 saturated carbocycles.